The summed E-state index contributed by atoms with van der Waals surface area (Å²) in [4.78, 5) is 0. The van der Waals surface area contributed by atoms with Crippen LogP contribution in [0, 0.1) is 11.3 Å². The molecule has 0 spiro atoms. The molecule has 0 bridgehead atoms. The van der Waals surface area contributed by atoms with Gasteiger partial charge in [-0.15, -0.1) is 0 Å². The van der Waals surface area contributed by atoms with Crippen LogP contribution in [-0.2, 0) is 4.74 Å². The molecule has 2 heterocycles. The molecule has 2 rings (SSSR count). The molecule has 0 amide bonds. The number of hydrogen-bond acceptors (Lipinski definition) is 2. The van der Waals surface area contributed by atoms with Crippen molar-refractivity contribution in [3.8, 4) is 0 Å². The van der Waals surface area contributed by atoms with Crippen molar-refractivity contribution in [2.75, 3.05) is 24.7 Å². The van der Waals surface area contributed by atoms with Gasteiger partial charge in [0.15, 0.2) is 0 Å². The first-order valence-corrected chi connectivity index (χ1v) is 4.62. The molecule has 0 aromatic rings. The van der Waals surface area contributed by atoms with Crippen molar-refractivity contribution in [3.63, 3.8) is 0 Å². The molecular weight excluding hydrogens is 132 g/mol. The molecule has 2 saturated heterocycles. The van der Waals surface area contributed by atoms with Gasteiger partial charge in [0.2, 0.25) is 0 Å². The zero-order valence-corrected chi connectivity index (χ0v) is 6.54. The quantitative estimate of drug-likeness (QED) is 0.508. The Bertz CT molecular complexity index is 114. The summed E-state index contributed by atoms with van der Waals surface area (Å²) in [5, 5.41) is 0. The molecule has 2 fully saturated rings. The summed E-state index contributed by atoms with van der Waals surface area (Å²) < 4.78 is 5.40. The molecule has 2 unspecified atom stereocenters. The second-order valence-electron chi connectivity index (χ2n) is 3.38. The second-order valence-corrected chi connectivity index (χ2v) is 4.41. The summed E-state index contributed by atoms with van der Waals surface area (Å²) in [7, 11) is 0. The van der Waals surface area contributed by atoms with Crippen LogP contribution in [0.15, 0.2) is 0 Å². The monoisotopic (exact) mass is 144 g/mol. The van der Waals surface area contributed by atoms with E-state index in [1.165, 1.54) is 11.5 Å². The van der Waals surface area contributed by atoms with Crippen molar-refractivity contribution in [3.05, 3.63) is 0 Å². The Morgan fingerprint density at radius 1 is 1.67 bits per heavy atom. The van der Waals surface area contributed by atoms with Gasteiger partial charge in [0, 0.05) is 11.2 Å². The molecule has 52 valence electrons. The minimum absolute atomic E-state index is 0.546. The Balaban J connectivity index is 2.17. The average Bonchev–Trinajstić information content (AvgIpc) is 2.22. The number of thioether (sulfide) groups is 1. The first kappa shape index (κ1) is 6.05. The van der Waals surface area contributed by atoms with Crippen LogP contribution in [0.3, 0.4) is 0 Å². The minimum atomic E-state index is 0.546. The van der Waals surface area contributed by atoms with Crippen LogP contribution in [-0.4, -0.2) is 24.7 Å². The molecule has 9 heavy (non-hydrogen) atoms. The normalized spacial score (nSPS) is 49.7. The van der Waals surface area contributed by atoms with E-state index in [1.54, 1.807) is 0 Å². The standard InChI is InChI=1S/C7H12OS/c1-7-4-8-2-6(7)3-9-5-7/h6H,2-5H2,1H3. The maximum Gasteiger partial charge on any atom is 0.0531 e. The Morgan fingerprint density at radius 3 is 3.33 bits per heavy atom. The van der Waals surface area contributed by atoms with Crippen molar-refractivity contribution in [1.82, 2.24) is 0 Å². The van der Waals surface area contributed by atoms with Gasteiger partial charge in [-0.3, -0.25) is 0 Å². The maximum absolute atomic E-state index is 5.40. The highest BCUT2D eigenvalue weighted by Crippen LogP contribution is 2.44. The van der Waals surface area contributed by atoms with E-state index in [2.05, 4.69) is 18.7 Å². The molecule has 2 aliphatic heterocycles. The predicted molar refractivity (Wildman–Crippen MR) is 39.7 cm³/mol. The lowest BCUT2D eigenvalue weighted by molar-refractivity contribution is 0.168. The fourth-order valence-electron chi connectivity index (χ4n) is 1.60. The molecular formula is C7H12OS. The fourth-order valence-corrected chi connectivity index (χ4v) is 3.28. The second kappa shape index (κ2) is 1.89. The predicted octanol–water partition coefficient (Wildman–Crippen LogP) is 1.39. The summed E-state index contributed by atoms with van der Waals surface area (Å²) in [5.41, 5.74) is 0.546. The molecule has 0 aliphatic carbocycles. The lowest BCUT2D eigenvalue weighted by atomic mass is 9.84. The highest BCUT2D eigenvalue weighted by atomic mass is 32.2. The maximum atomic E-state index is 5.40. The third-order valence-electron chi connectivity index (χ3n) is 2.49. The molecule has 2 aliphatic rings. The van der Waals surface area contributed by atoms with Gasteiger partial charge in [-0.2, -0.15) is 11.8 Å². The molecule has 2 atom stereocenters. The highest BCUT2D eigenvalue weighted by Gasteiger charge is 2.43. The highest BCUT2D eigenvalue weighted by molar-refractivity contribution is 7.99. The van der Waals surface area contributed by atoms with Crippen molar-refractivity contribution < 1.29 is 4.74 Å². The first-order chi connectivity index (χ1) is 4.31. The van der Waals surface area contributed by atoms with E-state index < -0.39 is 0 Å². The molecule has 0 N–H and O–H groups in total. The van der Waals surface area contributed by atoms with Crippen molar-refractivity contribution in [1.29, 1.82) is 0 Å². The number of hydrogen-bond donors (Lipinski definition) is 0. The first-order valence-electron chi connectivity index (χ1n) is 3.47. The molecule has 1 nitrogen and oxygen atoms in total. The lowest BCUT2D eigenvalue weighted by Crippen LogP contribution is -2.23. The van der Waals surface area contributed by atoms with Gasteiger partial charge in [-0.25, -0.2) is 0 Å². The Labute approximate surface area is 60.2 Å². The van der Waals surface area contributed by atoms with E-state index in [0.29, 0.717) is 5.41 Å². The fraction of sp³-hybridized carbons (Fsp3) is 1.00. The van der Waals surface area contributed by atoms with Crippen LogP contribution in [0.25, 0.3) is 0 Å². The summed E-state index contributed by atoms with van der Waals surface area (Å²) in [5.74, 6) is 3.51. The minimum Gasteiger partial charge on any atom is -0.380 e. The van der Waals surface area contributed by atoms with Crippen LogP contribution in [0.5, 0.6) is 0 Å². The van der Waals surface area contributed by atoms with Crippen LogP contribution >= 0.6 is 11.8 Å². The zero-order chi connectivity index (χ0) is 6.32. The van der Waals surface area contributed by atoms with Crippen LogP contribution < -0.4 is 0 Å². The van der Waals surface area contributed by atoms with Crippen molar-refractivity contribution >= 4 is 11.8 Å². The Morgan fingerprint density at radius 2 is 2.56 bits per heavy atom. The third kappa shape index (κ3) is 0.802. The Hall–Kier alpha value is 0.310. The molecule has 0 saturated carbocycles. The van der Waals surface area contributed by atoms with E-state index in [9.17, 15) is 0 Å². The topological polar surface area (TPSA) is 9.23 Å². The summed E-state index contributed by atoms with van der Waals surface area (Å²) in [6.45, 7) is 4.37. The van der Waals surface area contributed by atoms with E-state index in [-0.39, 0.29) is 0 Å². The van der Waals surface area contributed by atoms with Gasteiger partial charge in [0.05, 0.1) is 13.2 Å². The summed E-state index contributed by atoms with van der Waals surface area (Å²) in [6, 6.07) is 0. The SMILES string of the molecule is CC12COCC1CSC2. The van der Waals surface area contributed by atoms with Gasteiger partial charge in [-0.05, 0) is 11.7 Å². The largest absolute Gasteiger partial charge is 0.380 e. The Kier molecular flexibility index (Phi) is 1.27. The number of fused-ring (bicyclic) bond motifs is 1. The van der Waals surface area contributed by atoms with E-state index in [0.717, 1.165) is 19.1 Å². The summed E-state index contributed by atoms with van der Waals surface area (Å²) in [6.07, 6.45) is 0. The van der Waals surface area contributed by atoms with Crippen LogP contribution in [0.1, 0.15) is 6.92 Å². The average molecular weight is 144 g/mol. The molecule has 2 heteroatoms. The molecule has 0 aromatic heterocycles. The summed E-state index contributed by atoms with van der Waals surface area (Å²) >= 11 is 2.08. The number of ether oxygens (including phenoxy) is 1. The van der Waals surface area contributed by atoms with Gasteiger partial charge in [-0.1, -0.05) is 6.92 Å². The van der Waals surface area contributed by atoms with Gasteiger partial charge in [0.25, 0.3) is 0 Å². The van der Waals surface area contributed by atoms with Gasteiger partial charge < -0.3 is 4.74 Å². The van der Waals surface area contributed by atoms with Crippen LogP contribution in [0.4, 0.5) is 0 Å². The van der Waals surface area contributed by atoms with Crippen molar-refractivity contribution in [2.24, 2.45) is 11.3 Å². The van der Waals surface area contributed by atoms with Gasteiger partial charge in [0.1, 0.15) is 0 Å². The van der Waals surface area contributed by atoms with E-state index in [4.69, 9.17) is 4.74 Å². The smallest absolute Gasteiger partial charge is 0.0531 e. The number of rotatable bonds is 0. The zero-order valence-electron chi connectivity index (χ0n) is 5.72. The van der Waals surface area contributed by atoms with E-state index >= 15 is 0 Å². The van der Waals surface area contributed by atoms with E-state index in [1.807, 2.05) is 0 Å². The molecule has 0 aromatic carbocycles. The van der Waals surface area contributed by atoms with Crippen molar-refractivity contribution in [2.45, 2.75) is 6.92 Å². The van der Waals surface area contributed by atoms with Crippen LogP contribution in [0.2, 0.25) is 0 Å². The third-order valence-corrected chi connectivity index (χ3v) is 3.99. The molecule has 0 radical (unpaired) electrons. The lowest BCUT2D eigenvalue weighted by Gasteiger charge is -2.18. The van der Waals surface area contributed by atoms with Gasteiger partial charge >= 0.3 is 0 Å².